The second-order valence-electron chi connectivity index (χ2n) is 7.43. The van der Waals surface area contributed by atoms with Gasteiger partial charge in [-0.05, 0) is 38.9 Å². The van der Waals surface area contributed by atoms with Gasteiger partial charge < -0.3 is 14.7 Å². The van der Waals surface area contributed by atoms with Crippen LogP contribution < -0.4 is 4.90 Å². The summed E-state index contributed by atoms with van der Waals surface area (Å²) in [6.07, 6.45) is 3.21. The molecule has 2 aliphatic heterocycles. The highest BCUT2D eigenvalue weighted by Crippen LogP contribution is 2.33. The van der Waals surface area contributed by atoms with Gasteiger partial charge in [-0.15, -0.1) is 11.3 Å². The third kappa shape index (κ3) is 3.48. The van der Waals surface area contributed by atoms with Crippen molar-refractivity contribution in [2.45, 2.75) is 31.8 Å². The monoisotopic (exact) mass is 370 g/mol. The Kier molecular flexibility index (Phi) is 4.96. The summed E-state index contributed by atoms with van der Waals surface area (Å²) in [7, 11) is 4.17. The number of likely N-dealkylation sites (N-methyl/N-ethyl adjacent to an activating group) is 1. The van der Waals surface area contributed by atoms with Crippen LogP contribution in [-0.2, 0) is 13.0 Å². The van der Waals surface area contributed by atoms with Gasteiger partial charge in [0.05, 0.1) is 0 Å². The van der Waals surface area contributed by atoms with Crippen molar-refractivity contribution in [3.05, 3.63) is 45.8 Å². The minimum Gasteiger partial charge on any atom is -0.351 e. The molecule has 1 fully saturated rings. The number of nitrogens with zero attached hydrogens (tertiary/aromatic N) is 4. The maximum absolute atomic E-state index is 12.9. The van der Waals surface area contributed by atoms with Crippen LogP contribution in [0.25, 0.3) is 0 Å². The molecule has 0 unspecified atom stereocenters. The third-order valence-electron chi connectivity index (χ3n) is 5.39. The van der Waals surface area contributed by atoms with Crippen LogP contribution >= 0.6 is 11.3 Å². The quantitative estimate of drug-likeness (QED) is 0.830. The first-order chi connectivity index (χ1) is 12.6. The first kappa shape index (κ1) is 17.5. The molecule has 0 aliphatic carbocycles. The zero-order chi connectivity index (χ0) is 18.1. The Morgan fingerprint density at radius 3 is 2.81 bits per heavy atom. The van der Waals surface area contributed by atoms with Gasteiger partial charge in [0.25, 0.3) is 5.91 Å². The van der Waals surface area contributed by atoms with Gasteiger partial charge in [0.15, 0.2) is 5.01 Å². The highest BCUT2D eigenvalue weighted by Gasteiger charge is 2.31. The molecule has 1 saturated heterocycles. The predicted molar refractivity (Wildman–Crippen MR) is 106 cm³/mol. The van der Waals surface area contributed by atoms with E-state index in [1.54, 1.807) is 11.3 Å². The molecule has 0 spiro atoms. The molecule has 0 bridgehead atoms. The molecular weight excluding hydrogens is 344 g/mol. The number of carbonyl (C=O) groups is 1. The van der Waals surface area contributed by atoms with Gasteiger partial charge in [0.1, 0.15) is 5.82 Å². The van der Waals surface area contributed by atoms with E-state index < -0.39 is 0 Å². The highest BCUT2D eigenvalue weighted by atomic mass is 32.1. The average Bonchev–Trinajstić information content (AvgIpc) is 3.30. The summed E-state index contributed by atoms with van der Waals surface area (Å²) < 4.78 is 0. The topological polar surface area (TPSA) is 39.7 Å². The fourth-order valence-corrected chi connectivity index (χ4v) is 4.92. The summed E-state index contributed by atoms with van der Waals surface area (Å²) in [6.45, 7) is 3.51. The van der Waals surface area contributed by atoms with Crippen molar-refractivity contribution in [2.75, 3.05) is 38.6 Å². The van der Waals surface area contributed by atoms with Crippen molar-refractivity contribution in [3.8, 4) is 0 Å². The number of amides is 1. The largest absolute Gasteiger partial charge is 0.351 e. The maximum Gasteiger partial charge on any atom is 0.282 e. The predicted octanol–water partition coefficient (Wildman–Crippen LogP) is 2.87. The van der Waals surface area contributed by atoms with E-state index in [4.69, 9.17) is 4.98 Å². The standard InChI is InChI=1S/C20H26N4OS/c1-22(2)16-10-12-24(14-16)20(25)19-21-18-17(26-19)9-6-11-23(18)13-15-7-4-3-5-8-15/h3-5,7-8,16H,6,9-14H2,1-2H3/t16-/m0/s1. The molecule has 1 amide bonds. The Balaban J connectivity index is 1.51. The van der Waals surface area contributed by atoms with Gasteiger partial charge in [-0.25, -0.2) is 4.98 Å². The van der Waals surface area contributed by atoms with Gasteiger partial charge in [0, 0.05) is 37.1 Å². The Morgan fingerprint density at radius 1 is 1.27 bits per heavy atom. The van der Waals surface area contributed by atoms with Crippen molar-refractivity contribution >= 4 is 23.1 Å². The molecule has 2 aliphatic rings. The van der Waals surface area contributed by atoms with Crippen molar-refractivity contribution in [3.63, 3.8) is 0 Å². The summed E-state index contributed by atoms with van der Waals surface area (Å²) in [6, 6.07) is 11.0. The van der Waals surface area contributed by atoms with E-state index in [9.17, 15) is 4.79 Å². The molecule has 5 nitrogen and oxygen atoms in total. The molecule has 2 aromatic rings. The molecule has 3 heterocycles. The zero-order valence-corrected chi connectivity index (χ0v) is 16.3. The summed E-state index contributed by atoms with van der Waals surface area (Å²) in [5.41, 5.74) is 1.29. The minimum absolute atomic E-state index is 0.105. The van der Waals surface area contributed by atoms with Crippen molar-refractivity contribution in [1.82, 2.24) is 14.8 Å². The molecule has 26 heavy (non-hydrogen) atoms. The first-order valence-corrected chi connectivity index (χ1v) is 10.2. The molecule has 1 aromatic heterocycles. The zero-order valence-electron chi connectivity index (χ0n) is 15.5. The Hall–Kier alpha value is -1.92. The number of carbonyl (C=O) groups excluding carboxylic acids is 1. The summed E-state index contributed by atoms with van der Waals surface area (Å²) in [4.78, 5) is 25.5. The van der Waals surface area contributed by atoms with E-state index in [0.29, 0.717) is 11.0 Å². The second-order valence-corrected chi connectivity index (χ2v) is 8.52. The van der Waals surface area contributed by atoms with Crippen LogP contribution in [0, 0.1) is 0 Å². The second kappa shape index (κ2) is 7.37. The smallest absolute Gasteiger partial charge is 0.282 e. The van der Waals surface area contributed by atoms with Crippen LogP contribution in [0.15, 0.2) is 30.3 Å². The average molecular weight is 371 g/mol. The number of hydrogen-bond donors (Lipinski definition) is 0. The van der Waals surface area contributed by atoms with Crippen LogP contribution in [0.1, 0.15) is 33.1 Å². The van der Waals surface area contributed by atoms with Gasteiger partial charge in [0.2, 0.25) is 0 Å². The van der Waals surface area contributed by atoms with E-state index in [1.807, 2.05) is 11.0 Å². The number of anilines is 1. The first-order valence-electron chi connectivity index (χ1n) is 9.36. The van der Waals surface area contributed by atoms with Crippen LogP contribution in [0.2, 0.25) is 0 Å². The molecule has 0 radical (unpaired) electrons. The van der Waals surface area contributed by atoms with Crippen LogP contribution in [0.5, 0.6) is 0 Å². The number of benzene rings is 1. The lowest BCUT2D eigenvalue weighted by atomic mass is 10.1. The fourth-order valence-electron chi connectivity index (χ4n) is 3.82. The third-order valence-corrected chi connectivity index (χ3v) is 6.48. The van der Waals surface area contributed by atoms with Gasteiger partial charge >= 0.3 is 0 Å². The number of likely N-dealkylation sites (tertiary alicyclic amines) is 1. The number of aryl methyl sites for hydroxylation is 1. The molecule has 0 N–H and O–H groups in total. The Bertz CT molecular complexity index is 773. The number of hydrogen-bond acceptors (Lipinski definition) is 5. The summed E-state index contributed by atoms with van der Waals surface area (Å²) >= 11 is 1.60. The van der Waals surface area contributed by atoms with Gasteiger partial charge in [-0.3, -0.25) is 4.79 Å². The number of rotatable bonds is 4. The number of aromatic nitrogens is 1. The van der Waals surface area contributed by atoms with Crippen molar-refractivity contribution in [2.24, 2.45) is 0 Å². The van der Waals surface area contributed by atoms with Gasteiger partial charge in [-0.2, -0.15) is 0 Å². The van der Waals surface area contributed by atoms with E-state index in [-0.39, 0.29) is 5.91 Å². The molecule has 6 heteroatoms. The van der Waals surface area contributed by atoms with Crippen LogP contribution in [0.4, 0.5) is 5.82 Å². The maximum atomic E-state index is 12.9. The molecule has 1 aromatic carbocycles. The molecule has 1 atom stereocenters. The SMILES string of the molecule is CN(C)[C@H]1CCN(C(=O)c2nc3c(s2)CCCN3Cc2ccccc2)C1. The normalized spacial score (nSPS) is 19.9. The summed E-state index contributed by atoms with van der Waals surface area (Å²) in [5.74, 6) is 1.13. The fraction of sp³-hybridized carbons (Fsp3) is 0.500. The number of fused-ring (bicyclic) bond motifs is 1. The van der Waals surface area contributed by atoms with E-state index >= 15 is 0 Å². The van der Waals surface area contributed by atoms with E-state index in [0.717, 1.165) is 51.3 Å². The van der Waals surface area contributed by atoms with Crippen molar-refractivity contribution < 1.29 is 4.79 Å². The summed E-state index contributed by atoms with van der Waals surface area (Å²) in [5, 5.41) is 0.661. The minimum atomic E-state index is 0.105. The lowest BCUT2D eigenvalue weighted by molar-refractivity contribution is 0.0782. The van der Waals surface area contributed by atoms with Crippen LogP contribution in [-0.4, -0.2) is 60.5 Å². The van der Waals surface area contributed by atoms with Gasteiger partial charge in [-0.1, -0.05) is 30.3 Å². The Morgan fingerprint density at radius 2 is 2.08 bits per heavy atom. The number of thiazole rings is 1. The van der Waals surface area contributed by atoms with Crippen LogP contribution in [0.3, 0.4) is 0 Å². The van der Waals surface area contributed by atoms with Crippen molar-refractivity contribution in [1.29, 1.82) is 0 Å². The molecule has 0 saturated carbocycles. The lowest BCUT2D eigenvalue weighted by Gasteiger charge is -2.27. The molecule has 138 valence electrons. The van der Waals surface area contributed by atoms with E-state index in [1.165, 1.54) is 10.4 Å². The highest BCUT2D eigenvalue weighted by molar-refractivity contribution is 7.14. The lowest BCUT2D eigenvalue weighted by Crippen LogP contribution is -2.34. The van der Waals surface area contributed by atoms with E-state index in [2.05, 4.69) is 48.2 Å². The molecular formula is C20H26N4OS. The molecule has 4 rings (SSSR count). The Labute approximate surface area is 159 Å².